The summed E-state index contributed by atoms with van der Waals surface area (Å²) in [7, 11) is 0. The Labute approximate surface area is 126 Å². The Hall–Kier alpha value is -3.15. The molecule has 0 aliphatic carbocycles. The van der Waals surface area contributed by atoms with Gasteiger partial charge >= 0.3 is 0 Å². The van der Waals surface area contributed by atoms with E-state index in [0.29, 0.717) is 5.56 Å². The average Bonchev–Trinajstić information content (AvgIpc) is 3.05. The average molecular weight is 291 g/mol. The highest BCUT2D eigenvalue weighted by molar-refractivity contribution is 6.01. The molecule has 1 amide bonds. The van der Waals surface area contributed by atoms with Crippen LogP contribution in [0.15, 0.2) is 55.0 Å². The van der Waals surface area contributed by atoms with Crippen LogP contribution in [0.2, 0.25) is 0 Å². The molecule has 6 heteroatoms. The summed E-state index contributed by atoms with van der Waals surface area (Å²) < 4.78 is 0. The molecule has 3 aromatic rings. The summed E-state index contributed by atoms with van der Waals surface area (Å²) >= 11 is 0. The molecule has 3 N–H and O–H groups in total. The summed E-state index contributed by atoms with van der Waals surface area (Å²) in [4.78, 5) is 16.4. The fourth-order valence-electron chi connectivity index (χ4n) is 2.62. The molecule has 1 aliphatic heterocycles. The van der Waals surface area contributed by atoms with Crippen LogP contribution in [0.5, 0.6) is 0 Å². The molecule has 0 bridgehead atoms. The number of fused-ring (bicyclic) bond motifs is 1. The van der Waals surface area contributed by atoms with E-state index in [1.807, 2.05) is 30.3 Å². The highest BCUT2D eigenvalue weighted by atomic mass is 16.2. The number of H-pyrrole nitrogens is 1. The normalized spacial score (nSPS) is 16.5. The number of benzene rings is 1. The summed E-state index contributed by atoms with van der Waals surface area (Å²) in [5.74, 6) is -0.0994. The van der Waals surface area contributed by atoms with Crippen molar-refractivity contribution in [2.24, 2.45) is 0 Å². The number of hydrogen-bond acceptors (Lipinski definition) is 4. The number of hydrogen-bond donors (Lipinski definition) is 3. The molecule has 108 valence electrons. The van der Waals surface area contributed by atoms with Gasteiger partial charge in [0.1, 0.15) is 6.17 Å². The zero-order valence-corrected chi connectivity index (χ0v) is 11.6. The number of aromatic nitrogens is 3. The van der Waals surface area contributed by atoms with Gasteiger partial charge in [0.25, 0.3) is 5.91 Å². The van der Waals surface area contributed by atoms with Gasteiger partial charge < -0.3 is 10.6 Å². The molecule has 1 aliphatic rings. The van der Waals surface area contributed by atoms with E-state index < -0.39 is 0 Å². The minimum atomic E-state index is -0.337. The summed E-state index contributed by atoms with van der Waals surface area (Å²) in [5.41, 5.74) is 4.09. The number of nitrogens with one attached hydrogen (secondary N) is 3. The second-order valence-electron chi connectivity index (χ2n) is 5.04. The molecule has 1 unspecified atom stereocenters. The third-order valence-electron chi connectivity index (χ3n) is 3.68. The molecule has 1 atom stereocenters. The Morgan fingerprint density at radius 3 is 2.77 bits per heavy atom. The van der Waals surface area contributed by atoms with Crippen molar-refractivity contribution in [2.75, 3.05) is 5.32 Å². The van der Waals surface area contributed by atoms with Crippen LogP contribution < -0.4 is 10.6 Å². The summed E-state index contributed by atoms with van der Waals surface area (Å²) in [6.07, 6.45) is 4.86. The van der Waals surface area contributed by atoms with E-state index in [-0.39, 0.29) is 12.1 Å². The van der Waals surface area contributed by atoms with Crippen molar-refractivity contribution in [1.29, 1.82) is 0 Å². The second kappa shape index (κ2) is 5.00. The number of rotatable bonds is 2. The number of pyridine rings is 1. The monoisotopic (exact) mass is 291 g/mol. The SMILES string of the molecule is O=C1NC(c2cn[nH]c2-c2cccnc2)Nc2ccccc21. The van der Waals surface area contributed by atoms with E-state index in [4.69, 9.17) is 0 Å². The first-order chi connectivity index (χ1) is 10.8. The van der Waals surface area contributed by atoms with E-state index in [9.17, 15) is 4.79 Å². The molecule has 0 radical (unpaired) electrons. The number of nitrogens with zero attached hydrogens (tertiary/aromatic N) is 2. The molecular weight excluding hydrogens is 278 g/mol. The molecule has 3 heterocycles. The van der Waals surface area contributed by atoms with Gasteiger partial charge in [0.05, 0.1) is 17.5 Å². The van der Waals surface area contributed by atoms with Gasteiger partial charge in [-0.2, -0.15) is 5.10 Å². The van der Waals surface area contributed by atoms with Crippen molar-refractivity contribution in [2.45, 2.75) is 6.17 Å². The van der Waals surface area contributed by atoms with Gasteiger partial charge in [-0.05, 0) is 24.3 Å². The highest BCUT2D eigenvalue weighted by Gasteiger charge is 2.27. The third-order valence-corrected chi connectivity index (χ3v) is 3.68. The summed E-state index contributed by atoms with van der Waals surface area (Å²) in [6.45, 7) is 0. The molecule has 0 spiro atoms. The molecule has 0 fully saturated rings. The molecule has 2 aromatic heterocycles. The Bertz CT molecular complexity index is 827. The number of aromatic amines is 1. The van der Waals surface area contributed by atoms with Gasteiger partial charge in [-0.1, -0.05) is 12.1 Å². The van der Waals surface area contributed by atoms with Crippen LogP contribution in [0.4, 0.5) is 5.69 Å². The van der Waals surface area contributed by atoms with Gasteiger partial charge in [-0.25, -0.2) is 0 Å². The fourth-order valence-corrected chi connectivity index (χ4v) is 2.62. The van der Waals surface area contributed by atoms with Gasteiger partial charge in [-0.15, -0.1) is 0 Å². The van der Waals surface area contributed by atoms with E-state index >= 15 is 0 Å². The lowest BCUT2D eigenvalue weighted by molar-refractivity contribution is 0.0936. The van der Waals surface area contributed by atoms with Crippen LogP contribution in [0.1, 0.15) is 22.1 Å². The molecule has 0 saturated heterocycles. The minimum absolute atomic E-state index is 0.0994. The number of amides is 1. The van der Waals surface area contributed by atoms with Gasteiger partial charge in [0.2, 0.25) is 0 Å². The van der Waals surface area contributed by atoms with Crippen LogP contribution in [0, 0.1) is 0 Å². The maximum absolute atomic E-state index is 12.2. The van der Waals surface area contributed by atoms with Crippen molar-refractivity contribution in [3.8, 4) is 11.3 Å². The van der Waals surface area contributed by atoms with Crippen LogP contribution >= 0.6 is 0 Å². The van der Waals surface area contributed by atoms with Crippen LogP contribution in [-0.4, -0.2) is 21.1 Å². The third kappa shape index (κ3) is 2.01. The first-order valence-corrected chi connectivity index (χ1v) is 6.93. The molecule has 0 saturated carbocycles. The smallest absolute Gasteiger partial charge is 0.255 e. The second-order valence-corrected chi connectivity index (χ2v) is 5.04. The van der Waals surface area contributed by atoms with E-state index in [2.05, 4.69) is 25.8 Å². The molecular formula is C16H13N5O. The molecule has 1 aromatic carbocycles. The number of para-hydroxylation sites is 1. The minimum Gasteiger partial charge on any atom is -0.361 e. The van der Waals surface area contributed by atoms with Gasteiger partial charge in [0.15, 0.2) is 0 Å². The number of carbonyl (C=O) groups excluding carboxylic acids is 1. The topological polar surface area (TPSA) is 82.7 Å². The van der Waals surface area contributed by atoms with Crippen molar-refractivity contribution >= 4 is 11.6 Å². The summed E-state index contributed by atoms with van der Waals surface area (Å²) in [6, 6.07) is 11.2. The number of anilines is 1. The van der Waals surface area contributed by atoms with Crippen molar-refractivity contribution in [3.05, 3.63) is 66.1 Å². The molecule has 22 heavy (non-hydrogen) atoms. The fraction of sp³-hybridized carbons (Fsp3) is 0.0625. The van der Waals surface area contributed by atoms with Crippen LogP contribution in [0.25, 0.3) is 11.3 Å². The standard InChI is InChI=1S/C16H13N5O/c22-16-11-5-1-2-6-13(11)19-15(20-16)12-9-18-21-14(12)10-4-3-7-17-8-10/h1-9,15,19H,(H,18,21)(H,20,22). The Morgan fingerprint density at radius 2 is 1.91 bits per heavy atom. The highest BCUT2D eigenvalue weighted by Crippen LogP contribution is 2.30. The lowest BCUT2D eigenvalue weighted by Gasteiger charge is -2.27. The molecule has 4 rings (SSSR count). The van der Waals surface area contributed by atoms with E-state index in [1.54, 1.807) is 24.7 Å². The maximum Gasteiger partial charge on any atom is 0.255 e. The van der Waals surface area contributed by atoms with Gasteiger partial charge in [-0.3, -0.25) is 14.9 Å². The zero-order valence-electron chi connectivity index (χ0n) is 11.6. The zero-order chi connectivity index (χ0) is 14.9. The van der Waals surface area contributed by atoms with E-state index in [1.165, 1.54) is 0 Å². The first-order valence-electron chi connectivity index (χ1n) is 6.93. The quantitative estimate of drug-likeness (QED) is 0.676. The maximum atomic E-state index is 12.2. The Morgan fingerprint density at radius 1 is 1.00 bits per heavy atom. The first kappa shape index (κ1) is 12.6. The van der Waals surface area contributed by atoms with E-state index in [0.717, 1.165) is 22.5 Å². The Kier molecular flexibility index (Phi) is 2.86. The lowest BCUT2D eigenvalue weighted by atomic mass is 10.0. The van der Waals surface area contributed by atoms with Crippen molar-refractivity contribution < 1.29 is 4.79 Å². The largest absolute Gasteiger partial charge is 0.361 e. The van der Waals surface area contributed by atoms with Crippen LogP contribution in [0.3, 0.4) is 0 Å². The Balaban J connectivity index is 1.73. The predicted molar refractivity (Wildman–Crippen MR) is 82.1 cm³/mol. The van der Waals surface area contributed by atoms with Crippen molar-refractivity contribution in [3.63, 3.8) is 0 Å². The number of carbonyl (C=O) groups is 1. The molecule has 6 nitrogen and oxygen atoms in total. The van der Waals surface area contributed by atoms with Gasteiger partial charge in [0, 0.05) is 29.2 Å². The summed E-state index contributed by atoms with van der Waals surface area (Å²) in [5, 5.41) is 13.4. The van der Waals surface area contributed by atoms with Crippen LogP contribution in [-0.2, 0) is 0 Å². The lowest BCUT2D eigenvalue weighted by Crippen LogP contribution is -2.38. The van der Waals surface area contributed by atoms with Crippen molar-refractivity contribution in [1.82, 2.24) is 20.5 Å². The predicted octanol–water partition coefficient (Wildman–Crippen LogP) is 2.33.